The zero-order valence-electron chi connectivity index (χ0n) is 18.2. The molecule has 0 aromatic heterocycles. The van der Waals surface area contributed by atoms with Crippen LogP contribution in [-0.2, 0) is 14.8 Å². The number of amides is 1. The Kier molecular flexibility index (Phi) is 6.98. The van der Waals surface area contributed by atoms with Crippen LogP contribution in [0.25, 0.3) is 11.1 Å². The molecule has 3 rings (SSSR count). The van der Waals surface area contributed by atoms with Crippen LogP contribution in [0.3, 0.4) is 0 Å². The monoisotopic (exact) mass is 428 g/mol. The van der Waals surface area contributed by atoms with Gasteiger partial charge >= 0.3 is 0 Å². The van der Waals surface area contributed by atoms with Crippen molar-refractivity contribution >= 4 is 21.6 Å². The molecule has 30 heavy (non-hydrogen) atoms. The quantitative estimate of drug-likeness (QED) is 0.694. The largest absolute Gasteiger partial charge is 0.326 e. The lowest BCUT2D eigenvalue weighted by atomic mass is 9.86. The maximum Gasteiger partial charge on any atom is 0.227 e. The molecule has 0 spiro atoms. The Morgan fingerprint density at radius 3 is 2.07 bits per heavy atom. The lowest BCUT2D eigenvalue weighted by molar-refractivity contribution is -0.120. The van der Waals surface area contributed by atoms with Crippen molar-refractivity contribution in [1.82, 2.24) is 4.72 Å². The summed E-state index contributed by atoms with van der Waals surface area (Å²) in [6.07, 6.45) is 2.77. The minimum atomic E-state index is -3.27. The summed E-state index contributed by atoms with van der Waals surface area (Å²) in [7, 11) is -3.27. The zero-order valence-corrected chi connectivity index (χ0v) is 19.1. The Morgan fingerprint density at radius 2 is 1.50 bits per heavy atom. The van der Waals surface area contributed by atoms with Crippen molar-refractivity contribution < 1.29 is 13.2 Å². The van der Waals surface area contributed by atoms with Crippen molar-refractivity contribution in [2.45, 2.75) is 64.7 Å². The predicted molar refractivity (Wildman–Crippen MR) is 123 cm³/mol. The highest BCUT2D eigenvalue weighted by Gasteiger charge is 2.29. The number of rotatable bonds is 6. The minimum absolute atomic E-state index is 0.0131. The molecule has 162 valence electrons. The number of aryl methyl sites for hydroxylation is 2. The summed E-state index contributed by atoms with van der Waals surface area (Å²) in [5.41, 5.74) is 5.60. The van der Waals surface area contributed by atoms with Gasteiger partial charge in [-0.1, -0.05) is 30.3 Å². The van der Waals surface area contributed by atoms with Crippen LogP contribution in [0.4, 0.5) is 5.69 Å². The van der Waals surface area contributed by atoms with Gasteiger partial charge in [-0.25, -0.2) is 13.1 Å². The Bertz CT molecular complexity index is 990. The summed E-state index contributed by atoms with van der Waals surface area (Å²) in [5, 5.41) is 2.58. The van der Waals surface area contributed by atoms with Gasteiger partial charge in [0.05, 0.1) is 5.25 Å². The van der Waals surface area contributed by atoms with Crippen LogP contribution in [0.2, 0.25) is 0 Å². The van der Waals surface area contributed by atoms with E-state index in [1.807, 2.05) is 24.3 Å². The van der Waals surface area contributed by atoms with E-state index in [4.69, 9.17) is 0 Å². The summed E-state index contributed by atoms with van der Waals surface area (Å²) in [6.45, 7) is 7.56. The molecule has 2 N–H and O–H groups in total. The van der Waals surface area contributed by atoms with E-state index < -0.39 is 15.3 Å². The van der Waals surface area contributed by atoms with Crippen molar-refractivity contribution in [3.05, 3.63) is 53.6 Å². The van der Waals surface area contributed by atoms with E-state index in [0.29, 0.717) is 25.7 Å². The molecule has 0 unspecified atom stereocenters. The fourth-order valence-electron chi connectivity index (χ4n) is 3.75. The van der Waals surface area contributed by atoms with Gasteiger partial charge in [0.2, 0.25) is 15.9 Å². The van der Waals surface area contributed by atoms with E-state index in [9.17, 15) is 13.2 Å². The van der Waals surface area contributed by atoms with E-state index >= 15 is 0 Å². The smallest absolute Gasteiger partial charge is 0.227 e. The van der Waals surface area contributed by atoms with Gasteiger partial charge in [0, 0.05) is 17.6 Å². The van der Waals surface area contributed by atoms with Crippen LogP contribution in [0, 0.1) is 19.8 Å². The number of benzene rings is 2. The number of hydrogen-bond acceptors (Lipinski definition) is 3. The number of carbonyl (C=O) groups excluding carboxylic acids is 1. The van der Waals surface area contributed by atoms with E-state index in [0.717, 1.165) is 16.8 Å². The number of carbonyl (C=O) groups is 1. The third-order valence-corrected chi connectivity index (χ3v) is 7.95. The van der Waals surface area contributed by atoms with Gasteiger partial charge in [0.1, 0.15) is 0 Å². The topological polar surface area (TPSA) is 75.3 Å². The molecule has 0 atom stereocenters. The molecule has 2 aromatic rings. The van der Waals surface area contributed by atoms with Crippen molar-refractivity contribution in [3.63, 3.8) is 0 Å². The molecule has 2 aromatic carbocycles. The highest BCUT2D eigenvalue weighted by molar-refractivity contribution is 7.90. The fraction of sp³-hybridized carbons (Fsp3) is 0.458. The van der Waals surface area contributed by atoms with Crippen molar-refractivity contribution in [3.8, 4) is 11.1 Å². The SMILES string of the molecule is Cc1ccc(-c2ccc(NC(=O)[C@H]3CC[C@H](NS(=O)(=O)C(C)C)CC3)cc2)cc1C. The second kappa shape index (κ2) is 9.31. The second-order valence-electron chi connectivity index (χ2n) is 8.63. The van der Waals surface area contributed by atoms with Gasteiger partial charge in [-0.2, -0.15) is 0 Å². The van der Waals surface area contributed by atoms with Gasteiger partial charge in [-0.15, -0.1) is 0 Å². The molecule has 1 fully saturated rings. The van der Waals surface area contributed by atoms with Crippen molar-refractivity contribution in [2.75, 3.05) is 5.32 Å². The molecule has 0 bridgehead atoms. The molecular formula is C24H32N2O3S. The van der Waals surface area contributed by atoms with Gasteiger partial charge in [-0.05, 0) is 87.8 Å². The third-order valence-electron chi connectivity index (χ3n) is 6.04. The zero-order chi connectivity index (χ0) is 21.9. The standard InChI is InChI=1S/C24H32N2O3S/c1-16(2)30(28,29)26-23-13-9-20(10-14-23)24(27)25-22-11-7-19(8-12-22)21-6-5-17(3)18(4)15-21/h5-8,11-12,15-16,20,23,26H,9-10,13-14H2,1-4H3,(H,25,27)/t20-,23-. The lowest BCUT2D eigenvalue weighted by Crippen LogP contribution is -2.42. The van der Waals surface area contributed by atoms with Gasteiger partial charge < -0.3 is 5.32 Å². The highest BCUT2D eigenvalue weighted by Crippen LogP contribution is 2.28. The average Bonchev–Trinajstić information content (AvgIpc) is 2.71. The van der Waals surface area contributed by atoms with E-state index in [1.54, 1.807) is 13.8 Å². The Hall–Kier alpha value is -2.18. The maximum absolute atomic E-state index is 12.7. The number of sulfonamides is 1. The van der Waals surface area contributed by atoms with Crippen LogP contribution >= 0.6 is 0 Å². The summed E-state index contributed by atoms with van der Waals surface area (Å²) >= 11 is 0. The van der Waals surface area contributed by atoms with Crippen LogP contribution in [0.5, 0.6) is 0 Å². The predicted octanol–water partition coefficient (Wildman–Crippen LogP) is 4.80. The first-order chi connectivity index (χ1) is 14.2. The number of anilines is 1. The van der Waals surface area contributed by atoms with Gasteiger partial charge in [0.25, 0.3) is 0 Å². The molecule has 0 saturated heterocycles. The maximum atomic E-state index is 12.7. The molecule has 5 nitrogen and oxygen atoms in total. The third kappa shape index (κ3) is 5.49. The minimum Gasteiger partial charge on any atom is -0.326 e. The van der Waals surface area contributed by atoms with E-state index in [-0.39, 0.29) is 17.9 Å². The Labute approximate surface area is 180 Å². The summed E-state index contributed by atoms with van der Waals surface area (Å²) < 4.78 is 26.8. The van der Waals surface area contributed by atoms with Crippen LogP contribution < -0.4 is 10.0 Å². The molecule has 0 heterocycles. The van der Waals surface area contributed by atoms with Gasteiger partial charge in [0.15, 0.2) is 0 Å². The first-order valence-electron chi connectivity index (χ1n) is 10.7. The van der Waals surface area contributed by atoms with Gasteiger partial charge in [-0.3, -0.25) is 4.79 Å². The molecule has 0 radical (unpaired) electrons. The first kappa shape index (κ1) is 22.5. The molecule has 1 saturated carbocycles. The normalized spacial score (nSPS) is 19.6. The molecular weight excluding hydrogens is 396 g/mol. The number of nitrogens with one attached hydrogen (secondary N) is 2. The molecule has 6 heteroatoms. The summed E-state index contributed by atoms with van der Waals surface area (Å²) in [6, 6.07) is 14.3. The fourth-order valence-corrected chi connectivity index (χ4v) is 4.73. The second-order valence-corrected chi connectivity index (χ2v) is 10.9. The molecule has 1 aliphatic carbocycles. The van der Waals surface area contributed by atoms with E-state index in [2.05, 4.69) is 42.1 Å². The lowest BCUT2D eigenvalue weighted by Gasteiger charge is -2.28. The molecule has 1 amide bonds. The van der Waals surface area contributed by atoms with E-state index in [1.165, 1.54) is 11.1 Å². The summed E-state index contributed by atoms with van der Waals surface area (Å²) in [4.78, 5) is 12.7. The van der Waals surface area contributed by atoms with Crippen molar-refractivity contribution in [1.29, 1.82) is 0 Å². The van der Waals surface area contributed by atoms with Crippen molar-refractivity contribution in [2.24, 2.45) is 5.92 Å². The van der Waals surface area contributed by atoms with Crippen LogP contribution in [0.1, 0.15) is 50.7 Å². The molecule has 0 aliphatic heterocycles. The summed E-state index contributed by atoms with van der Waals surface area (Å²) in [5.74, 6) is -0.0664. The Morgan fingerprint density at radius 1 is 0.900 bits per heavy atom. The van der Waals surface area contributed by atoms with Crippen LogP contribution in [-0.4, -0.2) is 25.6 Å². The molecule has 1 aliphatic rings. The highest BCUT2D eigenvalue weighted by atomic mass is 32.2. The number of hydrogen-bond donors (Lipinski definition) is 2. The van der Waals surface area contributed by atoms with Crippen LogP contribution in [0.15, 0.2) is 42.5 Å². The first-order valence-corrected chi connectivity index (χ1v) is 12.2. The Balaban J connectivity index is 1.55. The average molecular weight is 429 g/mol.